The Hall–Kier alpha value is -2.38. The van der Waals surface area contributed by atoms with Crippen LogP contribution < -0.4 is 9.95 Å². The number of amides is 1. The SMILES string of the molecule is CCOC(=O)NN=C(c1ccc(Cl)cc1)c1ccc(OP(=O)(OCC)OCC)cc1. The smallest absolute Gasteiger partial charge is 0.449 e. The van der Waals surface area contributed by atoms with Gasteiger partial charge in [-0.25, -0.2) is 14.8 Å². The van der Waals surface area contributed by atoms with Crippen LogP contribution in [-0.2, 0) is 18.3 Å². The van der Waals surface area contributed by atoms with Gasteiger partial charge in [-0.1, -0.05) is 23.7 Å². The topological polar surface area (TPSA) is 95.5 Å². The van der Waals surface area contributed by atoms with Gasteiger partial charge in [0.1, 0.15) is 5.75 Å². The first-order chi connectivity index (χ1) is 14.4. The van der Waals surface area contributed by atoms with E-state index < -0.39 is 13.9 Å². The van der Waals surface area contributed by atoms with Gasteiger partial charge in [-0.3, -0.25) is 9.05 Å². The zero-order valence-electron chi connectivity index (χ0n) is 17.0. The van der Waals surface area contributed by atoms with E-state index in [9.17, 15) is 9.36 Å². The average molecular weight is 455 g/mol. The van der Waals surface area contributed by atoms with Crippen LogP contribution in [0.15, 0.2) is 53.6 Å². The third-order valence-corrected chi connectivity index (χ3v) is 5.41. The molecule has 0 spiro atoms. The average Bonchev–Trinajstić information content (AvgIpc) is 2.71. The Kier molecular flexibility index (Phi) is 9.33. The number of nitrogens with one attached hydrogen (secondary N) is 1. The van der Waals surface area contributed by atoms with Crippen LogP contribution in [0.2, 0.25) is 5.02 Å². The molecule has 0 saturated heterocycles. The van der Waals surface area contributed by atoms with Crippen LogP contribution in [0.1, 0.15) is 31.9 Å². The summed E-state index contributed by atoms with van der Waals surface area (Å²) in [6.07, 6.45) is -0.668. The maximum absolute atomic E-state index is 12.5. The lowest BCUT2D eigenvalue weighted by Gasteiger charge is -2.17. The molecule has 162 valence electrons. The van der Waals surface area contributed by atoms with E-state index in [4.69, 9.17) is 29.9 Å². The van der Waals surface area contributed by atoms with Gasteiger partial charge in [0.25, 0.3) is 0 Å². The summed E-state index contributed by atoms with van der Waals surface area (Å²) < 4.78 is 33.1. The zero-order valence-corrected chi connectivity index (χ0v) is 18.6. The molecule has 0 aliphatic rings. The van der Waals surface area contributed by atoms with E-state index in [-0.39, 0.29) is 19.8 Å². The normalized spacial score (nSPS) is 11.8. The van der Waals surface area contributed by atoms with Gasteiger partial charge < -0.3 is 9.26 Å². The summed E-state index contributed by atoms with van der Waals surface area (Å²) >= 11 is 5.97. The summed E-state index contributed by atoms with van der Waals surface area (Å²) in [6.45, 7) is 5.69. The first-order valence-corrected chi connectivity index (χ1v) is 11.2. The summed E-state index contributed by atoms with van der Waals surface area (Å²) in [5, 5.41) is 4.75. The standard InChI is InChI=1S/C20H24ClN2O6P/c1-4-26-20(24)23-22-19(15-7-11-17(21)12-8-15)16-9-13-18(14-10-16)29-30(25,27-5-2)28-6-3/h7-14H,4-6H2,1-3H3,(H,23,24). The number of hydrogen-bond donors (Lipinski definition) is 1. The van der Waals surface area contributed by atoms with Crippen LogP contribution in [0.4, 0.5) is 4.79 Å². The van der Waals surface area contributed by atoms with Crippen molar-refractivity contribution >= 4 is 31.2 Å². The number of carbonyl (C=O) groups excluding carboxylic acids is 1. The molecule has 0 saturated carbocycles. The molecule has 30 heavy (non-hydrogen) atoms. The van der Waals surface area contributed by atoms with Crippen LogP contribution in [0.5, 0.6) is 5.75 Å². The lowest BCUT2D eigenvalue weighted by molar-refractivity contribution is 0.152. The monoisotopic (exact) mass is 454 g/mol. The van der Waals surface area contributed by atoms with E-state index in [2.05, 4.69) is 10.5 Å². The highest BCUT2D eigenvalue weighted by molar-refractivity contribution is 7.48. The van der Waals surface area contributed by atoms with Gasteiger partial charge in [0, 0.05) is 16.1 Å². The van der Waals surface area contributed by atoms with Gasteiger partial charge in [-0.15, -0.1) is 0 Å². The van der Waals surface area contributed by atoms with Gasteiger partial charge in [-0.05, 0) is 57.2 Å². The van der Waals surface area contributed by atoms with E-state index in [1.165, 1.54) is 0 Å². The van der Waals surface area contributed by atoms with Crippen LogP contribution in [0, 0.1) is 0 Å². The molecule has 0 unspecified atom stereocenters. The second-order valence-corrected chi connectivity index (χ2v) is 7.73. The Morgan fingerprint density at radius 3 is 1.97 bits per heavy atom. The molecule has 0 atom stereocenters. The molecular formula is C20H24ClN2O6P. The first kappa shape index (κ1) is 23.9. The van der Waals surface area contributed by atoms with Crippen molar-refractivity contribution in [1.29, 1.82) is 0 Å². The Morgan fingerprint density at radius 1 is 0.933 bits per heavy atom. The van der Waals surface area contributed by atoms with Crippen LogP contribution in [0.25, 0.3) is 0 Å². The molecule has 2 aromatic rings. The van der Waals surface area contributed by atoms with E-state index in [1.54, 1.807) is 69.3 Å². The predicted molar refractivity (Wildman–Crippen MR) is 115 cm³/mol. The zero-order chi connectivity index (χ0) is 22.0. The van der Waals surface area contributed by atoms with Crippen molar-refractivity contribution in [2.45, 2.75) is 20.8 Å². The molecule has 0 bridgehead atoms. The van der Waals surface area contributed by atoms with Crippen LogP contribution in [-0.4, -0.2) is 31.6 Å². The maximum Gasteiger partial charge on any atom is 0.530 e. The molecule has 1 amide bonds. The van der Waals surface area contributed by atoms with Crippen LogP contribution >= 0.6 is 19.4 Å². The molecule has 0 aliphatic heterocycles. The molecule has 0 fully saturated rings. The summed E-state index contributed by atoms with van der Waals surface area (Å²) in [7, 11) is -3.70. The van der Waals surface area contributed by atoms with E-state index in [1.807, 2.05) is 0 Å². The molecule has 2 aromatic carbocycles. The summed E-state index contributed by atoms with van der Waals surface area (Å²) in [6, 6.07) is 13.6. The minimum atomic E-state index is -3.70. The van der Waals surface area contributed by atoms with E-state index in [0.717, 1.165) is 5.56 Å². The Balaban J connectivity index is 2.30. The van der Waals surface area contributed by atoms with Gasteiger partial charge in [-0.2, -0.15) is 5.10 Å². The fraction of sp³-hybridized carbons (Fsp3) is 0.300. The van der Waals surface area contributed by atoms with Gasteiger partial charge >= 0.3 is 13.9 Å². The number of hydrazone groups is 1. The number of carbonyl (C=O) groups is 1. The van der Waals surface area contributed by atoms with Crippen molar-refractivity contribution in [2.24, 2.45) is 5.10 Å². The number of halogens is 1. The molecule has 10 heteroatoms. The number of phosphoric ester groups is 1. The summed E-state index contributed by atoms with van der Waals surface area (Å²) in [4.78, 5) is 11.7. The maximum atomic E-state index is 12.5. The van der Waals surface area contributed by atoms with Gasteiger partial charge in [0.15, 0.2) is 0 Å². The molecular weight excluding hydrogens is 431 g/mol. The molecule has 0 aromatic heterocycles. The van der Waals surface area contributed by atoms with Crippen molar-refractivity contribution < 1.29 is 27.7 Å². The molecule has 8 nitrogen and oxygen atoms in total. The van der Waals surface area contributed by atoms with Crippen molar-refractivity contribution in [3.05, 3.63) is 64.7 Å². The number of nitrogens with zero attached hydrogens (tertiary/aromatic N) is 1. The second-order valence-electron chi connectivity index (χ2n) is 5.70. The van der Waals surface area contributed by atoms with Crippen LogP contribution in [0.3, 0.4) is 0 Å². The molecule has 0 aliphatic carbocycles. The number of hydrogen-bond acceptors (Lipinski definition) is 7. The molecule has 2 rings (SSSR count). The quantitative estimate of drug-likeness (QED) is 0.293. The Labute approximate surface area is 180 Å². The van der Waals surface area contributed by atoms with Crippen molar-refractivity contribution in [1.82, 2.24) is 5.43 Å². The van der Waals surface area contributed by atoms with Crippen molar-refractivity contribution in [3.63, 3.8) is 0 Å². The highest BCUT2D eigenvalue weighted by atomic mass is 35.5. The molecule has 0 radical (unpaired) electrons. The number of benzene rings is 2. The highest BCUT2D eigenvalue weighted by Crippen LogP contribution is 2.49. The third-order valence-electron chi connectivity index (χ3n) is 3.57. The second kappa shape index (κ2) is 11.7. The number of rotatable bonds is 10. The fourth-order valence-electron chi connectivity index (χ4n) is 2.38. The Bertz CT molecular complexity index is 893. The number of phosphoric acid groups is 1. The minimum Gasteiger partial charge on any atom is -0.449 e. The molecule has 0 heterocycles. The first-order valence-electron chi connectivity index (χ1n) is 9.36. The fourth-order valence-corrected chi connectivity index (χ4v) is 3.70. The lowest BCUT2D eigenvalue weighted by Crippen LogP contribution is -2.21. The summed E-state index contributed by atoms with van der Waals surface area (Å²) in [5.41, 5.74) is 4.23. The van der Waals surface area contributed by atoms with Crippen molar-refractivity contribution in [3.8, 4) is 5.75 Å². The van der Waals surface area contributed by atoms with Crippen molar-refractivity contribution in [2.75, 3.05) is 19.8 Å². The number of ether oxygens (including phenoxy) is 1. The third kappa shape index (κ3) is 7.15. The lowest BCUT2D eigenvalue weighted by atomic mass is 10.0. The van der Waals surface area contributed by atoms with Gasteiger partial charge in [0.2, 0.25) is 0 Å². The minimum absolute atomic E-state index is 0.183. The predicted octanol–water partition coefficient (Wildman–Crippen LogP) is 5.40. The van der Waals surface area contributed by atoms with E-state index in [0.29, 0.717) is 22.0 Å². The summed E-state index contributed by atoms with van der Waals surface area (Å²) in [5.74, 6) is 0.304. The molecule has 1 N–H and O–H groups in total. The Morgan fingerprint density at radius 2 is 1.47 bits per heavy atom. The highest BCUT2D eigenvalue weighted by Gasteiger charge is 2.27. The van der Waals surface area contributed by atoms with E-state index >= 15 is 0 Å². The largest absolute Gasteiger partial charge is 0.530 e. The van der Waals surface area contributed by atoms with Gasteiger partial charge in [0.05, 0.1) is 25.5 Å².